The van der Waals surface area contributed by atoms with E-state index in [1.807, 2.05) is 35.2 Å². The van der Waals surface area contributed by atoms with Crippen LogP contribution >= 0.6 is 0 Å². The van der Waals surface area contributed by atoms with Crippen LogP contribution in [0, 0.1) is 11.8 Å². The Labute approximate surface area is 163 Å². The van der Waals surface area contributed by atoms with Gasteiger partial charge in [0.1, 0.15) is 0 Å². The van der Waals surface area contributed by atoms with E-state index in [1.54, 1.807) is 12.1 Å². The van der Waals surface area contributed by atoms with Gasteiger partial charge in [-0.3, -0.25) is 9.59 Å². The highest BCUT2D eigenvalue weighted by molar-refractivity contribution is 5.91. The minimum atomic E-state index is -0.225. The molecule has 3 aliphatic heterocycles. The molecule has 5 rings (SSSR count). The van der Waals surface area contributed by atoms with Crippen LogP contribution in [0.15, 0.2) is 53.1 Å². The fourth-order valence-corrected chi connectivity index (χ4v) is 5.24. The second-order valence-corrected chi connectivity index (χ2v) is 8.15. The summed E-state index contributed by atoms with van der Waals surface area (Å²) in [6, 6.07) is 13.2. The van der Waals surface area contributed by atoms with E-state index in [9.17, 15) is 9.59 Å². The van der Waals surface area contributed by atoms with Crippen LogP contribution in [0.4, 0.5) is 0 Å². The summed E-state index contributed by atoms with van der Waals surface area (Å²) in [7, 11) is 0. The van der Waals surface area contributed by atoms with Crippen LogP contribution in [-0.2, 0) is 16.0 Å². The van der Waals surface area contributed by atoms with Crippen LogP contribution in [0.25, 0.3) is 0 Å². The lowest BCUT2D eigenvalue weighted by atomic mass is 9.73. The van der Waals surface area contributed by atoms with Gasteiger partial charge in [-0.1, -0.05) is 30.3 Å². The summed E-state index contributed by atoms with van der Waals surface area (Å²) in [6.07, 6.45) is 4.09. The average molecular weight is 380 g/mol. The maximum Gasteiger partial charge on any atom is 0.286 e. The number of ether oxygens (including phenoxy) is 1. The summed E-state index contributed by atoms with van der Waals surface area (Å²) >= 11 is 0. The van der Waals surface area contributed by atoms with Crippen LogP contribution in [0.2, 0.25) is 0 Å². The first-order chi connectivity index (χ1) is 13.6. The van der Waals surface area contributed by atoms with Gasteiger partial charge in [-0.2, -0.15) is 0 Å². The molecule has 0 saturated carbocycles. The molecule has 6 nitrogen and oxygen atoms in total. The van der Waals surface area contributed by atoms with Crippen molar-refractivity contribution in [2.24, 2.45) is 11.8 Å². The number of benzene rings is 1. The number of nitrogens with one attached hydrogen (secondary N) is 1. The molecule has 0 aliphatic carbocycles. The summed E-state index contributed by atoms with van der Waals surface area (Å²) in [5.74, 6) is 0.798. The molecule has 3 fully saturated rings. The first-order valence-corrected chi connectivity index (χ1v) is 9.96. The smallest absolute Gasteiger partial charge is 0.286 e. The third-order valence-corrected chi connectivity index (χ3v) is 6.58. The van der Waals surface area contributed by atoms with E-state index in [1.165, 1.54) is 6.26 Å². The first kappa shape index (κ1) is 17.5. The average Bonchev–Trinajstić information content (AvgIpc) is 3.47. The lowest BCUT2D eigenvalue weighted by Crippen LogP contribution is -2.41. The number of nitrogens with zero attached hydrogens (tertiary/aromatic N) is 1. The number of fused-ring (bicyclic) bond motifs is 1. The van der Waals surface area contributed by atoms with Crippen molar-refractivity contribution in [2.45, 2.75) is 31.0 Å². The molecule has 3 aliphatic rings. The van der Waals surface area contributed by atoms with Gasteiger partial charge in [0.25, 0.3) is 5.91 Å². The van der Waals surface area contributed by atoms with Crippen LogP contribution < -0.4 is 5.32 Å². The second-order valence-electron chi connectivity index (χ2n) is 8.15. The Morgan fingerprint density at radius 1 is 1.18 bits per heavy atom. The van der Waals surface area contributed by atoms with Crippen LogP contribution in [0.3, 0.4) is 0 Å². The van der Waals surface area contributed by atoms with Crippen molar-refractivity contribution in [3.63, 3.8) is 0 Å². The van der Waals surface area contributed by atoms with Gasteiger partial charge in [0.2, 0.25) is 5.91 Å². The minimum Gasteiger partial charge on any atom is -0.459 e. The van der Waals surface area contributed by atoms with Gasteiger partial charge in [-0.25, -0.2) is 0 Å². The molecule has 4 atom stereocenters. The minimum absolute atomic E-state index is 0.153. The fraction of sp³-hybridized carbons (Fsp3) is 0.455. The van der Waals surface area contributed by atoms with Crippen molar-refractivity contribution in [2.75, 3.05) is 19.6 Å². The van der Waals surface area contributed by atoms with E-state index < -0.39 is 0 Å². The van der Waals surface area contributed by atoms with Gasteiger partial charge < -0.3 is 19.4 Å². The summed E-state index contributed by atoms with van der Waals surface area (Å²) in [6.45, 7) is 1.93. The zero-order valence-electron chi connectivity index (χ0n) is 15.7. The lowest BCUT2D eigenvalue weighted by molar-refractivity contribution is -0.131. The van der Waals surface area contributed by atoms with Gasteiger partial charge in [0, 0.05) is 24.9 Å². The third kappa shape index (κ3) is 2.92. The van der Waals surface area contributed by atoms with Crippen LogP contribution in [-0.4, -0.2) is 48.1 Å². The Kier molecular flexibility index (Phi) is 4.23. The first-order valence-electron chi connectivity index (χ1n) is 9.96. The van der Waals surface area contributed by atoms with Crippen molar-refractivity contribution < 1.29 is 18.7 Å². The number of rotatable bonds is 5. The summed E-state index contributed by atoms with van der Waals surface area (Å²) < 4.78 is 11.5. The monoisotopic (exact) mass is 380 g/mol. The fourth-order valence-electron chi connectivity index (χ4n) is 5.24. The van der Waals surface area contributed by atoms with Crippen molar-refractivity contribution in [1.82, 2.24) is 10.2 Å². The van der Waals surface area contributed by atoms with Gasteiger partial charge in [-0.15, -0.1) is 0 Å². The van der Waals surface area contributed by atoms with Gasteiger partial charge >= 0.3 is 0 Å². The molecular weight excluding hydrogens is 356 g/mol. The van der Waals surface area contributed by atoms with Crippen molar-refractivity contribution in [3.8, 4) is 0 Å². The zero-order chi connectivity index (χ0) is 19.1. The highest BCUT2D eigenvalue weighted by atomic mass is 16.5. The van der Waals surface area contributed by atoms with Gasteiger partial charge in [0.15, 0.2) is 5.76 Å². The molecule has 2 aromatic rings. The number of carbonyl (C=O) groups is 2. The topological polar surface area (TPSA) is 71.8 Å². The van der Waals surface area contributed by atoms with E-state index in [0.717, 1.165) is 18.4 Å². The Morgan fingerprint density at radius 2 is 2.04 bits per heavy atom. The predicted molar refractivity (Wildman–Crippen MR) is 102 cm³/mol. The van der Waals surface area contributed by atoms with Gasteiger partial charge in [0.05, 0.1) is 30.9 Å². The largest absolute Gasteiger partial charge is 0.459 e. The number of carbonyl (C=O) groups excluding carboxylic acids is 2. The second kappa shape index (κ2) is 6.78. The van der Waals surface area contributed by atoms with E-state index in [2.05, 4.69) is 5.32 Å². The van der Waals surface area contributed by atoms with E-state index >= 15 is 0 Å². The number of amides is 2. The normalized spacial score (nSPS) is 30.4. The number of likely N-dealkylation sites (tertiary alicyclic amines) is 1. The van der Waals surface area contributed by atoms with Crippen LogP contribution in [0.1, 0.15) is 29.0 Å². The molecule has 3 saturated heterocycles. The highest BCUT2D eigenvalue weighted by Crippen LogP contribution is 2.54. The Morgan fingerprint density at radius 3 is 2.82 bits per heavy atom. The number of furan rings is 1. The quantitative estimate of drug-likeness (QED) is 0.864. The molecule has 1 aromatic heterocycles. The van der Waals surface area contributed by atoms with E-state index in [4.69, 9.17) is 9.15 Å². The maximum atomic E-state index is 12.8. The summed E-state index contributed by atoms with van der Waals surface area (Å²) in [4.78, 5) is 27.0. The Balaban J connectivity index is 1.24. The van der Waals surface area contributed by atoms with Crippen molar-refractivity contribution in [1.29, 1.82) is 0 Å². The van der Waals surface area contributed by atoms with Gasteiger partial charge in [-0.05, 0) is 30.5 Å². The standard InChI is InChI=1S/C22H24N2O4/c25-20(11-15-5-2-1-3-6-15)24-13-17-16(18-8-9-22(17,14-24)28-18)12-23-21(26)19-7-4-10-27-19/h1-7,10,16-18H,8-9,11-14H2,(H,23,26)/t16-,17+,18+,22+/m0/s1. The molecule has 0 unspecified atom stereocenters. The molecule has 28 heavy (non-hydrogen) atoms. The summed E-state index contributed by atoms with van der Waals surface area (Å²) in [5, 5.41) is 2.99. The molecular formula is C22H24N2O4. The van der Waals surface area contributed by atoms with E-state index in [0.29, 0.717) is 31.8 Å². The van der Waals surface area contributed by atoms with Crippen LogP contribution in [0.5, 0.6) is 0 Å². The van der Waals surface area contributed by atoms with Crippen molar-refractivity contribution >= 4 is 11.8 Å². The molecule has 146 valence electrons. The molecule has 1 aromatic carbocycles. The molecule has 6 heteroatoms. The summed E-state index contributed by atoms with van der Waals surface area (Å²) in [5.41, 5.74) is 0.812. The number of hydrogen-bond donors (Lipinski definition) is 1. The maximum absolute atomic E-state index is 12.8. The third-order valence-electron chi connectivity index (χ3n) is 6.58. The zero-order valence-corrected chi connectivity index (χ0v) is 15.7. The highest BCUT2D eigenvalue weighted by Gasteiger charge is 2.63. The molecule has 4 heterocycles. The molecule has 0 radical (unpaired) electrons. The van der Waals surface area contributed by atoms with E-state index in [-0.39, 0.29) is 35.4 Å². The SMILES string of the molecule is O=C(NC[C@H]1[C@H]2CN(C(=O)Cc3ccccc3)C[C@]23CC[C@H]1O3)c1ccco1. The molecule has 1 N–H and O–H groups in total. The molecule has 1 spiro atoms. The molecule has 2 bridgehead atoms. The number of hydrogen-bond acceptors (Lipinski definition) is 4. The molecule has 2 amide bonds. The van der Waals surface area contributed by atoms with Crippen molar-refractivity contribution in [3.05, 3.63) is 60.1 Å². The Hall–Kier alpha value is -2.60. The Bertz CT molecular complexity index is 866. The predicted octanol–water partition coefficient (Wildman–Crippen LogP) is 2.26. The lowest BCUT2D eigenvalue weighted by Gasteiger charge is -2.29.